The first kappa shape index (κ1) is 22.6. The fourth-order valence-corrected chi connectivity index (χ4v) is 4.05. The first-order chi connectivity index (χ1) is 13.3. The quantitative estimate of drug-likeness (QED) is 0.562. The lowest BCUT2D eigenvalue weighted by atomic mass is 9.69. The van der Waals surface area contributed by atoms with Gasteiger partial charge in [0.15, 0.2) is 5.13 Å². The van der Waals surface area contributed by atoms with E-state index in [0.29, 0.717) is 11.6 Å². The van der Waals surface area contributed by atoms with Crippen LogP contribution >= 0.6 is 11.3 Å². The van der Waals surface area contributed by atoms with Gasteiger partial charge >= 0.3 is 6.18 Å². The lowest BCUT2D eigenvalue weighted by Crippen LogP contribution is -2.36. The Morgan fingerprint density at radius 3 is 2.54 bits per heavy atom. The van der Waals surface area contributed by atoms with Crippen molar-refractivity contribution in [1.82, 2.24) is 10.3 Å². The Morgan fingerprint density at radius 2 is 1.89 bits per heavy atom. The van der Waals surface area contributed by atoms with Crippen LogP contribution in [0.2, 0.25) is 0 Å². The Kier molecular flexibility index (Phi) is 8.68. The fraction of sp³-hybridized carbons (Fsp3) is 0.722. The van der Waals surface area contributed by atoms with E-state index in [2.05, 4.69) is 20.4 Å². The van der Waals surface area contributed by atoms with Crippen molar-refractivity contribution in [1.29, 1.82) is 0 Å². The molecule has 10 heteroatoms. The van der Waals surface area contributed by atoms with Crippen molar-refractivity contribution >= 4 is 28.3 Å². The van der Waals surface area contributed by atoms with Crippen LogP contribution in [0.15, 0.2) is 11.6 Å². The van der Waals surface area contributed by atoms with E-state index in [0.717, 1.165) is 32.1 Å². The molecule has 0 aromatic carbocycles. The number of hydrogen-bond donors (Lipinski definition) is 2. The Morgan fingerprint density at radius 1 is 1.18 bits per heavy atom. The van der Waals surface area contributed by atoms with Crippen LogP contribution in [0.1, 0.15) is 51.4 Å². The highest BCUT2D eigenvalue weighted by Gasteiger charge is 2.36. The summed E-state index contributed by atoms with van der Waals surface area (Å²) in [5, 5.41) is 7.82. The summed E-state index contributed by atoms with van der Waals surface area (Å²) in [7, 11) is 0. The molecule has 1 saturated carbocycles. The molecule has 1 fully saturated rings. The van der Waals surface area contributed by atoms with Gasteiger partial charge in [-0.1, -0.05) is 19.3 Å². The molecular weight excluding hydrogens is 395 g/mol. The Hall–Kier alpha value is -1.68. The molecular formula is C18H26F3N3O3S. The van der Waals surface area contributed by atoms with E-state index in [-0.39, 0.29) is 43.2 Å². The summed E-state index contributed by atoms with van der Waals surface area (Å²) >= 11 is 1.34. The van der Waals surface area contributed by atoms with Crippen molar-refractivity contribution in [2.75, 3.05) is 25.1 Å². The number of amides is 2. The zero-order valence-corrected chi connectivity index (χ0v) is 16.5. The summed E-state index contributed by atoms with van der Waals surface area (Å²) in [4.78, 5) is 28.8. The van der Waals surface area contributed by atoms with E-state index in [1.807, 2.05) is 0 Å². The third-order valence-electron chi connectivity index (χ3n) is 4.72. The predicted octanol–water partition coefficient (Wildman–Crippen LogP) is 3.90. The van der Waals surface area contributed by atoms with Crippen molar-refractivity contribution in [2.45, 2.75) is 57.5 Å². The van der Waals surface area contributed by atoms with Crippen LogP contribution in [0.4, 0.5) is 18.3 Å². The zero-order valence-electron chi connectivity index (χ0n) is 15.6. The maximum Gasteiger partial charge on any atom is 0.411 e. The van der Waals surface area contributed by atoms with Crippen LogP contribution < -0.4 is 10.6 Å². The fourth-order valence-electron chi connectivity index (χ4n) is 3.50. The van der Waals surface area contributed by atoms with E-state index in [4.69, 9.17) is 0 Å². The monoisotopic (exact) mass is 421 g/mol. The van der Waals surface area contributed by atoms with E-state index >= 15 is 0 Å². The normalized spacial score (nSPS) is 16.5. The first-order valence-corrected chi connectivity index (χ1v) is 10.3. The molecule has 0 aliphatic heterocycles. The molecule has 1 aliphatic rings. The van der Waals surface area contributed by atoms with Crippen molar-refractivity contribution in [3.63, 3.8) is 0 Å². The lowest BCUT2D eigenvalue weighted by Gasteiger charge is -2.36. The molecule has 1 aromatic heterocycles. The van der Waals surface area contributed by atoms with Crippen LogP contribution in [-0.2, 0) is 14.3 Å². The molecule has 2 amide bonds. The molecule has 1 aliphatic carbocycles. The van der Waals surface area contributed by atoms with Gasteiger partial charge in [-0.05, 0) is 24.7 Å². The van der Waals surface area contributed by atoms with Crippen LogP contribution in [0, 0.1) is 5.41 Å². The summed E-state index contributed by atoms with van der Waals surface area (Å²) < 4.78 is 40.5. The number of carbonyl (C=O) groups excluding carboxylic acids is 2. The molecule has 0 spiro atoms. The third-order valence-corrected chi connectivity index (χ3v) is 5.41. The summed E-state index contributed by atoms with van der Waals surface area (Å²) in [6.45, 7) is -1.10. The van der Waals surface area contributed by atoms with E-state index in [1.165, 1.54) is 11.3 Å². The molecule has 2 N–H and O–H groups in total. The van der Waals surface area contributed by atoms with E-state index < -0.39 is 12.8 Å². The van der Waals surface area contributed by atoms with E-state index in [9.17, 15) is 22.8 Å². The summed E-state index contributed by atoms with van der Waals surface area (Å²) in [5.41, 5.74) is -0.379. The second-order valence-corrected chi connectivity index (χ2v) is 8.07. The third kappa shape index (κ3) is 8.55. The number of alkyl halides is 3. The topological polar surface area (TPSA) is 80.3 Å². The molecule has 1 heterocycles. The minimum absolute atomic E-state index is 0.0683. The van der Waals surface area contributed by atoms with Gasteiger partial charge in [0.05, 0.1) is 0 Å². The average Bonchev–Trinajstić information content (AvgIpc) is 3.10. The van der Waals surface area contributed by atoms with Gasteiger partial charge in [0.2, 0.25) is 11.8 Å². The van der Waals surface area contributed by atoms with Crippen LogP contribution in [0.3, 0.4) is 0 Å². The minimum Gasteiger partial charge on any atom is -0.372 e. The number of carbonyl (C=O) groups is 2. The smallest absolute Gasteiger partial charge is 0.372 e. The van der Waals surface area contributed by atoms with Crippen molar-refractivity contribution in [3.8, 4) is 0 Å². The summed E-state index contributed by atoms with van der Waals surface area (Å²) in [5.74, 6) is -0.329. The van der Waals surface area contributed by atoms with Crippen molar-refractivity contribution in [3.05, 3.63) is 11.6 Å². The summed E-state index contributed by atoms with van der Waals surface area (Å²) in [6.07, 6.45) is 2.73. The van der Waals surface area contributed by atoms with Crippen LogP contribution in [0.5, 0.6) is 0 Å². The number of aromatic nitrogens is 1. The second kappa shape index (κ2) is 10.8. The van der Waals surface area contributed by atoms with Gasteiger partial charge in [0.25, 0.3) is 0 Å². The number of nitrogens with zero attached hydrogens (tertiary/aromatic N) is 1. The number of anilines is 1. The molecule has 0 saturated heterocycles. The number of rotatable bonds is 10. The maximum absolute atomic E-state index is 12.4. The van der Waals surface area contributed by atoms with Crippen molar-refractivity contribution in [2.24, 2.45) is 5.41 Å². The van der Waals surface area contributed by atoms with Gasteiger partial charge in [0, 0.05) is 37.6 Å². The Balaban J connectivity index is 1.75. The standard InChI is InChI=1S/C18H26F3N3O3S/c19-18(20,21)13-27-9-4-7-22-14(25)11-17(5-2-1-3-6-17)12-15(26)24-16-23-8-10-28-16/h8,10H,1-7,9,11-13H2,(H,22,25)(H,23,24,26). The highest BCUT2D eigenvalue weighted by molar-refractivity contribution is 7.13. The highest BCUT2D eigenvalue weighted by atomic mass is 32.1. The number of nitrogens with one attached hydrogen (secondary N) is 2. The number of ether oxygens (including phenoxy) is 1. The minimum atomic E-state index is -4.34. The molecule has 0 atom stereocenters. The second-order valence-electron chi connectivity index (χ2n) is 7.17. The lowest BCUT2D eigenvalue weighted by molar-refractivity contribution is -0.174. The molecule has 28 heavy (non-hydrogen) atoms. The zero-order chi connectivity index (χ0) is 20.5. The molecule has 6 nitrogen and oxygen atoms in total. The van der Waals surface area contributed by atoms with Gasteiger partial charge in [0.1, 0.15) is 6.61 Å². The van der Waals surface area contributed by atoms with Crippen LogP contribution in [-0.4, -0.2) is 42.7 Å². The van der Waals surface area contributed by atoms with E-state index in [1.54, 1.807) is 11.6 Å². The molecule has 2 rings (SSSR count). The predicted molar refractivity (Wildman–Crippen MR) is 100.0 cm³/mol. The summed E-state index contributed by atoms with van der Waals surface area (Å²) in [6, 6.07) is 0. The molecule has 158 valence electrons. The number of thiazole rings is 1. The number of halogens is 3. The van der Waals surface area contributed by atoms with Gasteiger partial charge < -0.3 is 15.4 Å². The van der Waals surface area contributed by atoms with Gasteiger partial charge in [-0.25, -0.2) is 4.98 Å². The maximum atomic E-state index is 12.4. The average molecular weight is 421 g/mol. The Bertz CT molecular complexity index is 617. The largest absolute Gasteiger partial charge is 0.411 e. The van der Waals surface area contributed by atoms with Gasteiger partial charge in [-0.2, -0.15) is 13.2 Å². The SMILES string of the molecule is O=C(CC1(CC(=O)Nc2nccs2)CCCCC1)NCCCOCC(F)(F)F. The highest BCUT2D eigenvalue weighted by Crippen LogP contribution is 2.42. The number of hydrogen-bond acceptors (Lipinski definition) is 5. The van der Waals surface area contributed by atoms with Crippen LogP contribution in [0.25, 0.3) is 0 Å². The first-order valence-electron chi connectivity index (χ1n) is 9.39. The van der Waals surface area contributed by atoms with Crippen molar-refractivity contribution < 1.29 is 27.5 Å². The molecule has 1 aromatic rings. The van der Waals surface area contributed by atoms with Gasteiger partial charge in [-0.15, -0.1) is 11.3 Å². The Labute approximate surface area is 166 Å². The molecule has 0 radical (unpaired) electrons. The molecule has 0 unspecified atom stereocenters. The van der Waals surface area contributed by atoms with Gasteiger partial charge in [-0.3, -0.25) is 9.59 Å². The molecule has 0 bridgehead atoms.